The maximum Gasteiger partial charge on any atom is 0.161 e. The first-order chi connectivity index (χ1) is 28.3. The van der Waals surface area contributed by atoms with Crippen molar-refractivity contribution in [3.05, 3.63) is 216 Å². The van der Waals surface area contributed by atoms with Crippen LogP contribution in [0.4, 0.5) is 0 Å². The van der Waals surface area contributed by atoms with Crippen LogP contribution in [0.25, 0.3) is 76.3 Å². The van der Waals surface area contributed by atoms with E-state index >= 15 is 0 Å². The molecule has 2 aromatic heterocycles. The third-order valence-corrected chi connectivity index (χ3v) is 13.0. The van der Waals surface area contributed by atoms with Crippen LogP contribution >= 0.6 is 11.3 Å². The summed E-state index contributed by atoms with van der Waals surface area (Å²) in [5, 5.41) is 1.15. The summed E-state index contributed by atoms with van der Waals surface area (Å²) in [6.07, 6.45) is 0. The van der Waals surface area contributed by atoms with E-state index in [1.807, 2.05) is 0 Å². The highest BCUT2D eigenvalue weighted by molar-refractivity contribution is 7.26. The van der Waals surface area contributed by atoms with Gasteiger partial charge in [0.1, 0.15) is 11.5 Å². The molecule has 0 N–H and O–H groups in total. The number of benzene rings is 8. The van der Waals surface area contributed by atoms with Gasteiger partial charge in [-0.25, -0.2) is 9.97 Å². The minimum absolute atomic E-state index is 0.526. The highest BCUT2D eigenvalue weighted by Crippen LogP contribution is 2.63. The van der Waals surface area contributed by atoms with Gasteiger partial charge in [0.15, 0.2) is 5.82 Å². The molecule has 10 aromatic rings. The van der Waals surface area contributed by atoms with Gasteiger partial charge in [0.25, 0.3) is 0 Å². The smallest absolute Gasteiger partial charge is 0.161 e. The van der Waals surface area contributed by atoms with E-state index in [1.165, 1.54) is 32.5 Å². The quantitative estimate of drug-likeness (QED) is 0.180. The molecule has 0 amide bonds. The van der Waals surface area contributed by atoms with E-state index in [4.69, 9.17) is 14.7 Å². The van der Waals surface area contributed by atoms with E-state index in [1.54, 1.807) is 11.3 Å². The predicted octanol–water partition coefficient (Wildman–Crippen LogP) is 14.0. The van der Waals surface area contributed by atoms with Crippen molar-refractivity contribution < 1.29 is 4.74 Å². The largest absolute Gasteiger partial charge is 0.457 e. The summed E-state index contributed by atoms with van der Waals surface area (Å²) in [4.78, 5) is 10.8. The average molecular weight is 745 g/mol. The monoisotopic (exact) mass is 744 g/mol. The van der Waals surface area contributed by atoms with Crippen molar-refractivity contribution in [3.63, 3.8) is 0 Å². The number of hydrogen-bond acceptors (Lipinski definition) is 4. The Labute approximate surface area is 334 Å². The van der Waals surface area contributed by atoms with E-state index in [0.29, 0.717) is 0 Å². The molecule has 0 unspecified atom stereocenters. The number of rotatable bonds is 4. The summed E-state index contributed by atoms with van der Waals surface area (Å²) in [6, 6.07) is 69.4. The Morgan fingerprint density at radius 2 is 1.00 bits per heavy atom. The second-order valence-electron chi connectivity index (χ2n) is 14.8. The SMILES string of the molecule is c1ccc(-c2ccccc2-c2nc(-c3cccc(-c4cccc5c4-c4ccccc4C54c5ccccc5Oc5ccccc54)c3)c3sc4ccccc4c3n2)cc1. The summed E-state index contributed by atoms with van der Waals surface area (Å²) in [6.45, 7) is 0. The van der Waals surface area contributed by atoms with Gasteiger partial charge in [0.2, 0.25) is 0 Å². The van der Waals surface area contributed by atoms with Gasteiger partial charge in [-0.05, 0) is 68.8 Å². The van der Waals surface area contributed by atoms with Gasteiger partial charge < -0.3 is 4.74 Å². The Bertz CT molecular complexity index is 3190. The minimum atomic E-state index is -0.526. The zero-order valence-corrected chi connectivity index (χ0v) is 31.5. The normalized spacial score (nSPS) is 13.2. The fourth-order valence-corrected chi connectivity index (χ4v) is 10.6. The number of fused-ring (bicyclic) bond motifs is 12. The molecule has 2 aliphatic rings. The highest BCUT2D eigenvalue weighted by Gasteiger charge is 2.51. The number of para-hydroxylation sites is 2. The zero-order valence-electron chi connectivity index (χ0n) is 30.7. The van der Waals surface area contributed by atoms with Crippen LogP contribution in [-0.4, -0.2) is 9.97 Å². The lowest BCUT2D eigenvalue weighted by Crippen LogP contribution is -2.32. The van der Waals surface area contributed by atoms with Crippen LogP contribution in [0.1, 0.15) is 22.3 Å². The first kappa shape index (κ1) is 32.1. The van der Waals surface area contributed by atoms with Crippen LogP contribution < -0.4 is 4.74 Å². The third kappa shape index (κ3) is 4.65. The second-order valence-corrected chi connectivity index (χ2v) is 15.8. The summed E-state index contributed by atoms with van der Waals surface area (Å²) >= 11 is 1.76. The lowest BCUT2D eigenvalue weighted by molar-refractivity contribution is 0.436. The van der Waals surface area contributed by atoms with Crippen molar-refractivity contribution in [2.45, 2.75) is 5.41 Å². The van der Waals surface area contributed by atoms with Gasteiger partial charge >= 0.3 is 0 Å². The van der Waals surface area contributed by atoms with Gasteiger partial charge in [0.05, 0.1) is 21.3 Å². The Balaban J connectivity index is 1.09. The minimum Gasteiger partial charge on any atom is -0.457 e. The zero-order chi connectivity index (χ0) is 37.5. The molecule has 8 aromatic carbocycles. The molecule has 1 aliphatic heterocycles. The molecule has 1 aliphatic carbocycles. The molecule has 4 heteroatoms. The van der Waals surface area contributed by atoms with E-state index in [0.717, 1.165) is 77.6 Å². The summed E-state index contributed by atoms with van der Waals surface area (Å²) in [7, 11) is 0. The van der Waals surface area contributed by atoms with Crippen molar-refractivity contribution in [1.29, 1.82) is 0 Å². The van der Waals surface area contributed by atoms with Crippen LogP contribution in [0.2, 0.25) is 0 Å². The second kappa shape index (κ2) is 12.4. The van der Waals surface area contributed by atoms with Crippen molar-refractivity contribution in [3.8, 4) is 67.5 Å². The van der Waals surface area contributed by atoms with Crippen molar-refractivity contribution in [2.24, 2.45) is 0 Å². The van der Waals surface area contributed by atoms with Crippen LogP contribution in [-0.2, 0) is 5.41 Å². The molecular formula is C53H32N2OS. The number of thiophene rings is 1. The maximum absolute atomic E-state index is 6.59. The molecule has 0 atom stereocenters. The Morgan fingerprint density at radius 1 is 0.421 bits per heavy atom. The van der Waals surface area contributed by atoms with Gasteiger partial charge in [-0.3, -0.25) is 0 Å². The maximum atomic E-state index is 6.59. The summed E-state index contributed by atoms with van der Waals surface area (Å²) in [5.74, 6) is 2.51. The van der Waals surface area contributed by atoms with Gasteiger partial charge in [-0.15, -0.1) is 11.3 Å². The van der Waals surface area contributed by atoms with E-state index in [2.05, 4.69) is 194 Å². The van der Waals surface area contributed by atoms with Gasteiger partial charge in [-0.1, -0.05) is 170 Å². The molecule has 0 saturated carbocycles. The molecule has 0 bridgehead atoms. The average Bonchev–Trinajstić information content (AvgIpc) is 3.81. The molecule has 266 valence electrons. The first-order valence-corrected chi connectivity index (χ1v) is 20.1. The number of nitrogens with zero attached hydrogens (tertiary/aromatic N) is 2. The number of ether oxygens (including phenoxy) is 1. The van der Waals surface area contributed by atoms with Crippen LogP contribution in [0.5, 0.6) is 11.5 Å². The van der Waals surface area contributed by atoms with Crippen molar-refractivity contribution in [2.75, 3.05) is 0 Å². The van der Waals surface area contributed by atoms with E-state index in [9.17, 15) is 0 Å². The van der Waals surface area contributed by atoms with Gasteiger partial charge in [0, 0.05) is 32.3 Å². The molecule has 0 fully saturated rings. The van der Waals surface area contributed by atoms with Crippen LogP contribution in [0, 0.1) is 0 Å². The first-order valence-electron chi connectivity index (χ1n) is 19.3. The molecule has 57 heavy (non-hydrogen) atoms. The molecular weight excluding hydrogens is 713 g/mol. The highest BCUT2D eigenvalue weighted by atomic mass is 32.1. The molecule has 0 radical (unpaired) electrons. The Kier molecular flexibility index (Phi) is 7.01. The van der Waals surface area contributed by atoms with Crippen LogP contribution in [0.15, 0.2) is 194 Å². The lowest BCUT2D eigenvalue weighted by Gasteiger charge is -2.39. The topological polar surface area (TPSA) is 35.0 Å². The molecule has 1 spiro atoms. The number of hydrogen-bond donors (Lipinski definition) is 0. The Morgan fingerprint density at radius 3 is 1.81 bits per heavy atom. The van der Waals surface area contributed by atoms with Gasteiger partial charge in [-0.2, -0.15) is 0 Å². The van der Waals surface area contributed by atoms with E-state index in [-0.39, 0.29) is 0 Å². The standard InChI is InChI=1S/C53H32N2OS/c1-2-16-33(17-3-1)36-20-4-5-21-38(36)52-54-49(51-50(55-52)40-23-7-13-31-47(40)57-51)35-19-14-18-34(32-35)37-24-15-28-44-48(37)39-22-6-8-25-41(39)53(44)42-26-9-11-29-45(42)56-46-30-12-10-27-43(46)53/h1-32H. The fourth-order valence-electron chi connectivity index (χ4n) is 9.43. The summed E-state index contributed by atoms with van der Waals surface area (Å²) in [5.41, 5.74) is 15.4. The third-order valence-electron chi connectivity index (χ3n) is 11.8. The summed E-state index contributed by atoms with van der Waals surface area (Å²) < 4.78 is 8.89. The molecule has 3 heterocycles. The molecule has 0 saturated heterocycles. The lowest BCUT2D eigenvalue weighted by atomic mass is 9.66. The Hall–Kier alpha value is -7.14. The molecule has 3 nitrogen and oxygen atoms in total. The predicted molar refractivity (Wildman–Crippen MR) is 234 cm³/mol. The van der Waals surface area contributed by atoms with Crippen molar-refractivity contribution in [1.82, 2.24) is 9.97 Å². The molecule has 12 rings (SSSR count). The van der Waals surface area contributed by atoms with Crippen molar-refractivity contribution >= 4 is 31.6 Å². The van der Waals surface area contributed by atoms with Crippen LogP contribution in [0.3, 0.4) is 0 Å². The van der Waals surface area contributed by atoms with E-state index < -0.39 is 5.41 Å². The fraction of sp³-hybridized carbons (Fsp3) is 0.0189. The number of aromatic nitrogens is 2.